The van der Waals surface area contributed by atoms with E-state index in [1.165, 1.54) is 24.0 Å². The molecule has 6 nitrogen and oxygen atoms in total. The Labute approximate surface area is 229 Å². The predicted octanol–water partition coefficient (Wildman–Crippen LogP) is 5.66. The molecule has 1 fully saturated rings. The van der Waals surface area contributed by atoms with Crippen molar-refractivity contribution in [1.82, 2.24) is 19.9 Å². The topological polar surface area (TPSA) is 58.0 Å². The van der Waals surface area contributed by atoms with Crippen LogP contribution in [0, 0.1) is 11.5 Å². The van der Waals surface area contributed by atoms with Crippen LogP contribution in [-0.2, 0) is 30.9 Å². The molecule has 193 valence electrons. The number of anilines is 2. The Balaban J connectivity index is 0.00000304. The Kier molecular flexibility index (Phi) is 6.81. The second-order valence-corrected chi connectivity index (χ2v) is 11.8. The van der Waals surface area contributed by atoms with Gasteiger partial charge in [-0.15, -0.1) is 34.9 Å². The van der Waals surface area contributed by atoms with Crippen LogP contribution in [0.25, 0.3) is 22.6 Å². The van der Waals surface area contributed by atoms with E-state index >= 15 is 0 Å². The van der Waals surface area contributed by atoms with Gasteiger partial charge in [-0.25, -0.2) is 0 Å². The van der Waals surface area contributed by atoms with Gasteiger partial charge in [-0.1, -0.05) is 53.7 Å². The molecule has 0 N–H and O–H groups in total. The fraction of sp³-hybridized carbons (Fsp3) is 0.517. The van der Waals surface area contributed by atoms with Crippen molar-refractivity contribution in [3.8, 4) is 22.6 Å². The molecular weight excluding hydrogens is 625 g/mol. The summed E-state index contributed by atoms with van der Waals surface area (Å²) in [6.45, 7) is 16.2. The van der Waals surface area contributed by atoms with Gasteiger partial charge in [0.15, 0.2) is 5.82 Å². The summed E-state index contributed by atoms with van der Waals surface area (Å²) in [5, 5.41) is 0. The van der Waals surface area contributed by atoms with Crippen molar-refractivity contribution in [3.63, 3.8) is 0 Å². The van der Waals surface area contributed by atoms with Crippen LogP contribution in [-0.4, -0.2) is 47.1 Å². The standard InChI is InChI=1S/C29H37N6.Ir/c1-27(2)21-13-11-19(17-22(21)28(3,4)29(27,5)6)23-14-12-20(18-30-23)24-31-25(34(7)8)33-26(32-24)35-15-9-10-16-35;/h12-14,17-18H,9-10,15-16H2,1-8H3;/q-1;. The molecule has 0 bridgehead atoms. The number of hydrogen-bond donors (Lipinski definition) is 0. The van der Waals surface area contributed by atoms with Crippen LogP contribution in [0.2, 0.25) is 0 Å². The van der Waals surface area contributed by atoms with Crippen molar-refractivity contribution >= 4 is 11.9 Å². The van der Waals surface area contributed by atoms with Crippen LogP contribution in [0.4, 0.5) is 11.9 Å². The fourth-order valence-electron chi connectivity index (χ4n) is 5.56. The molecular formula is C29H37IrN6-. The molecule has 3 heterocycles. The Hall–Kier alpha value is -2.37. The maximum atomic E-state index is 4.81. The molecule has 1 aromatic carbocycles. The number of rotatable bonds is 4. The smallest absolute Gasteiger partial charge is 0.230 e. The molecule has 2 aliphatic rings. The maximum absolute atomic E-state index is 4.81. The van der Waals surface area contributed by atoms with Crippen molar-refractivity contribution in [2.75, 3.05) is 37.0 Å². The van der Waals surface area contributed by atoms with Gasteiger partial charge in [0.1, 0.15) is 0 Å². The normalized spacial score (nSPS) is 19.1. The van der Waals surface area contributed by atoms with Crippen LogP contribution in [0.3, 0.4) is 0 Å². The van der Waals surface area contributed by atoms with Gasteiger partial charge in [-0.2, -0.15) is 15.0 Å². The summed E-state index contributed by atoms with van der Waals surface area (Å²) < 4.78 is 0. The zero-order valence-electron chi connectivity index (χ0n) is 22.7. The Morgan fingerprint density at radius 1 is 0.889 bits per heavy atom. The zero-order chi connectivity index (χ0) is 25.2. The van der Waals surface area contributed by atoms with Gasteiger partial charge < -0.3 is 14.8 Å². The van der Waals surface area contributed by atoms with Crippen LogP contribution >= 0.6 is 0 Å². The van der Waals surface area contributed by atoms with Gasteiger partial charge in [0.2, 0.25) is 11.9 Å². The second kappa shape index (κ2) is 9.18. The third kappa shape index (κ3) is 4.05. The first kappa shape index (κ1) is 26.7. The molecule has 1 radical (unpaired) electrons. The number of pyridine rings is 1. The molecule has 2 aromatic heterocycles. The summed E-state index contributed by atoms with van der Waals surface area (Å²) in [5.41, 5.74) is 5.88. The number of aromatic nitrogens is 4. The first-order valence-corrected chi connectivity index (χ1v) is 12.7. The van der Waals surface area contributed by atoms with Gasteiger partial charge in [0.25, 0.3) is 0 Å². The molecule has 1 aliphatic carbocycles. The van der Waals surface area contributed by atoms with E-state index in [0.29, 0.717) is 11.8 Å². The summed E-state index contributed by atoms with van der Waals surface area (Å²) in [6.07, 6.45) is 4.23. The third-order valence-electron chi connectivity index (χ3n) is 9.12. The van der Waals surface area contributed by atoms with E-state index in [1.807, 2.05) is 25.2 Å². The second-order valence-electron chi connectivity index (χ2n) is 11.8. The molecule has 0 saturated carbocycles. The molecule has 36 heavy (non-hydrogen) atoms. The van der Waals surface area contributed by atoms with E-state index < -0.39 is 0 Å². The van der Waals surface area contributed by atoms with Gasteiger partial charge >= 0.3 is 0 Å². The van der Waals surface area contributed by atoms with Crippen molar-refractivity contribution in [2.45, 2.75) is 65.2 Å². The summed E-state index contributed by atoms with van der Waals surface area (Å²) in [7, 11) is 3.92. The number of nitrogens with zero attached hydrogens (tertiary/aromatic N) is 6. The van der Waals surface area contributed by atoms with E-state index in [-0.39, 0.29) is 36.4 Å². The van der Waals surface area contributed by atoms with Crippen LogP contribution < -0.4 is 9.80 Å². The zero-order valence-corrected chi connectivity index (χ0v) is 25.1. The van der Waals surface area contributed by atoms with Crippen LogP contribution in [0.15, 0.2) is 30.5 Å². The Morgan fingerprint density at radius 3 is 2.17 bits per heavy atom. The predicted molar refractivity (Wildman–Crippen MR) is 143 cm³/mol. The van der Waals surface area contributed by atoms with Crippen molar-refractivity contribution in [3.05, 3.63) is 47.7 Å². The van der Waals surface area contributed by atoms with Crippen LogP contribution in [0.5, 0.6) is 0 Å². The summed E-state index contributed by atoms with van der Waals surface area (Å²) in [4.78, 5) is 23.2. The number of hydrogen-bond acceptors (Lipinski definition) is 6. The molecule has 1 saturated heterocycles. The molecule has 3 aromatic rings. The van der Waals surface area contributed by atoms with Crippen molar-refractivity contribution < 1.29 is 20.1 Å². The Bertz CT molecular complexity index is 1260. The minimum absolute atomic E-state index is 0. The molecule has 7 heteroatoms. The first-order valence-electron chi connectivity index (χ1n) is 12.7. The van der Waals surface area contributed by atoms with Gasteiger partial charge in [-0.3, -0.25) is 0 Å². The summed E-state index contributed by atoms with van der Waals surface area (Å²) in [5.74, 6) is 2.08. The van der Waals surface area contributed by atoms with Gasteiger partial charge in [-0.05, 0) is 34.8 Å². The molecule has 1 aliphatic heterocycles. The number of fused-ring (bicyclic) bond motifs is 1. The van der Waals surface area contributed by atoms with E-state index in [1.54, 1.807) is 0 Å². The molecule has 0 unspecified atom stereocenters. The first-order chi connectivity index (χ1) is 16.4. The maximum Gasteiger partial charge on any atom is 0.230 e. The quantitative estimate of drug-likeness (QED) is 0.337. The minimum atomic E-state index is 0. The van der Waals surface area contributed by atoms with E-state index in [9.17, 15) is 0 Å². The molecule has 0 spiro atoms. The van der Waals surface area contributed by atoms with E-state index in [0.717, 1.165) is 35.9 Å². The Morgan fingerprint density at radius 2 is 1.56 bits per heavy atom. The summed E-state index contributed by atoms with van der Waals surface area (Å²) in [6, 6.07) is 12.1. The monoisotopic (exact) mass is 662 g/mol. The van der Waals surface area contributed by atoms with Crippen molar-refractivity contribution in [2.24, 2.45) is 5.41 Å². The van der Waals surface area contributed by atoms with Crippen molar-refractivity contribution in [1.29, 1.82) is 0 Å². The van der Waals surface area contributed by atoms with Crippen LogP contribution in [0.1, 0.15) is 65.5 Å². The average Bonchev–Trinajstić information content (AvgIpc) is 3.41. The molecule has 0 amide bonds. The van der Waals surface area contributed by atoms with Gasteiger partial charge in [0, 0.05) is 59.1 Å². The molecule has 0 atom stereocenters. The van der Waals surface area contributed by atoms with E-state index in [2.05, 4.69) is 81.8 Å². The number of benzene rings is 1. The van der Waals surface area contributed by atoms with E-state index in [4.69, 9.17) is 15.0 Å². The SMILES string of the molecule is CN(C)c1nc(-c2ccc(-c3[c-]cc4c(c3)C(C)(C)C(C)(C)C4(C)C)nc2)nc(N2CCCC2)n1.[Ir]. The third-order valence-corrected chi connectivity index (χ3v) is 9.12. The minimum Gasteiger partial charge on any atom is -0.347 e. The largest absolute Gasteiger partial charge is 0.347 e. The average molecular weight is 662 g/mol. The summed E-state index contributed by atoms with van der Waals surface area (Å²) >= 11 is 0. The van der Waals surface area contributed by atoms with Gasteiger partial charge in [0.05, 0.1) is 0 Å². The fourth-order valence-corrected chi connectivity index (χ4v) is 5.56. The molecule has 5 rings (SSSR count).